The zero-order valence-corrected chi connectivity index (χ0v) is 11.1. The van der Waals surface area contributed by atoms with Crippen LogP contribution in [-0.4, -0.2) is 0 Å². The van der Waals surface area contributed by atoms with Gasteiger partial charge in [0.05, 0.1) is 8.95 Å². The van der Waals surface area contributed by atoms with E-state index in [4.69, 9.17) is 0 Å². The van der Waals surface area contributed by atoms with E-state index in [-0.39, 0.29) is 8.95 Å². The molecule has 1 aromatic rings. The lowest BCUT2D eigenvalue weighted by atomic mass is 10.2. The molecule has 0 saturated carbocycles. The van der Waals surface area contributed by atoms with E-state index >= 15 is 0 Å². The first-order valence-electron chi connectivity index (χ1n) is 3.94. The highest BCUT2D eigenvalue weighted by molar-refractivity contribution is 9.11. The van der Waals surface area contributed by atoms with Gasteiger partial charge in [-0.05, 0) is 44.3 Å². The molecule has 0 fully saturated rings. The van der Waals surface area contributed by atoms with Crippen molar-refractivity contribution in [3.8, 4) is 0 Å². The Morgan fingerprint density at radius 1 is 0.786 bits per heavy atom. The maximum Gasteiger partial charge on any atom is 0.196 e. The fourth-order valence-corrected chi connectivity index (χ4v) is 1.73. The molecule has 0 aliphatic heterocycles. The van der Waals surface area contributed by atoms with Gasteiger partial charge < -0.3 is 0 Å². The number of halogens is 5. The van der Waals surface area contributed by atoms with Crippen LogP contribution < -0.4 is 0 Å². The van der Waals surface area contributed by atoms with E-state index < -0.39 is 17.5 Å². The highest BCUT2D eigenvalue weighted by Gasteiger charge is 2.19. The van der Waals surface area contributed by atoms with Gasteiger partial charge in [0.25, 0.3) is 0 Å². The van der Waals surface area contributed by atoms with Crippen LogP contribution in [0, 0.1) is 24.4 Å². The minimum Gasteiger partial charge on any atom is -0.202 e. The summed E-state index contributed by atoms with van der Waals surface area (Å²) in [5, 5.41) is 0. The Kier molecular flexibility index (Phi) is 5.74. The van der Waals surface area contributed by atoms with Crippen molar-refractivity contribution in [2.75, 3.05) is 0 Å². The van der Waals surface area contributed by atoms with Crippen molar-refractivity contribution in [2.24, 2.45) is 0 Å². The largest absolute Gasteiger partial charge is 0.202 e. The third-order valence-electron chi connectivity index (χ3n) is 1.43. The second kappa shape index (κ2) is 5.75. The number of rotatable bonds is 0. The quantitative estimate of drug-likeness (QED) is 0.465. The maximum absolute atomic E-state index is 12.7. The van der Waals surface area contributed by atoms with Crippen LogP contribution in [0.5, 0.6) is 0 Å². The average Bonchev–Trinajstić information content (AvgIpc) is 2.24. The van der Waals surface area contributed by atoms with Crippen molar-refractivity contribution >= 4 is 31.9 Å². The van der Waals surface area contributed by atoms with Gasteiger partial charge in [-0.3, -0.25) is 0 Å². The van der Waals surface area contributed by atoms with Crippen LogP contribution in [0.3, 0.4) is 0 Å². The van der Waals surface area contributed by atoms with E-state index in [1.165, 1.54) is 6.92 Å². The van der Waals surface area contributed by atoms with Crippen LogP contribution in [0.15, 0.2) is 8.95 Å². The molecule has 0 bridgehead atoms. The summed E-state index contributed by atoms with van der Waals surface area (Å²) in [5.74, 6) is -3.87. The topological polar surface area (TPSA) is 0 Å². The van der Waals surface area contributed by atoms with Crippen LogP contribution in [0.4, 0.5) is 13.2 Å². The standard InChI is InChI=1S/C7H3Br2F3.C2H6/c1-2-3(8)5(10)7(12)6(11)4(2)9;1-2/h1H3;1-2H3. The van der Waals surface area contributed by atoms with Gasteiger partial charge in [0.2, 0.25) is 0 Å². The maximum atomic E-state index is 12.7. The molecule has 0 heterocycles. The lowest BCUT2D eigenvalue weighted by Gasteiger charge is -2.05. The second-order valence-corrected chi connectivity index (χ2v) is 3.78. The SMILES string of the molecule is CC.Cc1c(Br)c(F)c(F)c(F)c1Br. The van der Waals surface area contributed by atoms with Crippen molar-refractivity contribution in [1.82, 2.24) is 0 Å². The first kappa shape index (κ1) is 14.0. The summed E-state index contributed by atoms with van der Waals surface area (Å²) in [6.07, 6.45) is 0. The van der Waals surface area contributed by atoms with Gasteiger partial charge in [0, 0.05) is 0 Å². The highest BCUT2D eigenvalue weighted by Crippen LogP contribution is 2.31. The van der Waals surface area contributed by atoms with E-state index in [1.54, 1.807) is 0 Å². The Bertz CT molecular complexity index is 232. The molecule has 0 aliphatic rings. The number of benzene rings is 1. The zero-order chi connectivity index (χ0) is 11.5. The highest BCUT2D eigenvalue weighted by atomic mass is 79.9. The lowest BCUT2D eigenvalue weighted by molar-refractivity contribution is 0.439. The van der Waals surface area contributed by atoms with Gasteiger partial charge in [0.1, 0.15) is 0 Å². The van der Waals surface area contributed by atoms with Gasteiger partial charge in [-0.25, -0.2) is 13.2 Å². The molecule has 0 unspecified atom stereocenters. The van der Waals surface area contributed by atoms with Crippen molar-refractivity contribution in [2.45, 2.75) is 20.8 Å². The summed E-state index contributed by atoms with van der Waals surface area (Å²) in [6.45, 7) is 5.47. The molecule has 5 heteroatoms. The Balaban J connectivity index is 0.000000791. The summed E-state index contributed by atoms with van der Waals surface area (Å²) < 4.78 is 38.0. The molecule has 14 heavy (non-hydrogen) atoms. The summed E-state index contributed by atoms with van der Waals surface area (Å²) >= 11 is 5.61. The van der Waals surface area contributed by atoms with E-state index in [0.29, 0.717) is 5.56 Å². The normalized spacial score (nSPS) is 9.43. The van der Waals surface area contributed by atoms with Crippen molar-refractivity contribution in [3.05, 3.63) is 32.0 Å². The molecule has 0 radical (unpaired) electrons. The summed E-state index contributed by atoms with van der Waals surface area (Å²) in [7, 11) is 0. The fraction of sp³-hybridized carbons (Fsp3) is 0.333. The Labute approximate surface area is 97.8 Å². The van der Waals surface area contributed by atoms with E-state index in [1.807, 2.05) is 13.8 Å². The summed E-state index contributed by atoms with van der Waals surface area (Å²) in [5.41, 5.74) is 0.298. The van der Waals surface area contributed by atoms with E-state index in [9.17, 15) is 13.2 Å². The van der Waals surface area contributed by atoms with Crippen LogP contribution in [0.25, 0.3) is 0 Å². The summed E-state index contributed by atoms with van der Waals surface area (Å²) in [4.78, 5) is 0. The van der Waals surface area contributed by atoms with Gasteiger partial charge >= 0.3 is 0 Å². The number of hydrogen-bond donors (Lipinski definition) is 0. The molecular formula is C9H9Br2F3. The van der Waals surface area contributed by atoms with Gasteiger partial charge in [0.15, 0.2) is 17.5 Å². The molecule has 0 spiro atoms. The minimum atomic E-state index is -1.47. The van der Waals surface area contributed by atoms with Gasteiger partial charge in [-0.15, -0.1) is 0 Å². The number of hydrogen-bond acceptors (Lipinski definition) is 0. The molecule has 0 amide bonds. The Morgan fingerprint density at radius 3 is 1.36 bits per heavy atom. The van der Waals surface area contributed by atoms with E-state index in [0.717, 1.165) is 0 Å². The third-order valence-corrected chi connectivity index (χ3v) is 3.32. The predicted octanol–water partition coefficient (Wildman–Crippen LogP) is 4.96. The molecular weight excluding hydrogens is 325 g/mol. The monoisotopic (exact) mass is 332 g/mol. The first-order chi connectivity index (χ1) is 6.46. The smallest absolute Gasteiger partial charge is 0.196 e. The predicted molar refractivity (Wildman–Crippen MR) is 57.8 cm³/mol. The third kappa shape index (κ3) is 2.51. The molecule has 0 nitrogen and oxygen atoms in total. The molecule has 0 atom stereocenters. The molecule has 0 saturated heterocycles. The fourth-order valence-electron chi connectivity index (χ4n) is 0.715. The average molecular weight is 334 g/mol. The first-order valence-corrected chi connectivity index (χ1v) is 5.53. The molecule has 0 aromatic heterocycles. The summed E-state index contributed by atoms with van der Waals surface area (Å²) in [6, 6.07) is 0. The molecule has 1 rings (SSSR count). The van der Waals surface area contributed by atoms with Gasteiger partial charge in [-0.2, -0.15) is 0 Å². The second-order valence-electron chi connectivity index (χ2n) is 2.19. The van der Waals surface area contributed by atoms with Crippen LogP contribution in [0.2, 0.25) is 0 Å². The molecule has 0 N–H and O–H groups in total. The van der Waals surface area contributed by atoms with E-state index in [2.05, 4.69) is 31.9 Å². The Hall–Kier alpha value is -0.0300. The zero-order valence-electron chi connectivity index (χ0n) is 7.89. The molecule has 80 valence electrons. The van der Waals surface area contributed by atoms with Crippen LogP contribution in [0.1, 0.15) is 19.4 Å². The van der Waals surface area contributed by atoms with Crippen LogP contribution >= 0.6 is 31.9 Å². The van der Waals surface area contributed by atoms with Crippen molar-refractivity contribution < 1.29 is 13.2 Å². The van der Waals surface area contributed by atoms with Crippen molar-refractivity contribution in [1.29, 1.82) is 0 Å². The lowest BCUT2D eigenvalue weighted by Crippen LogP contribution is -1.96. The van der Waals surface area contributed by atoms with Gasteiger partial charge in [-0.1, -0.05) is 13.8 Å². The van der Waals surface area contributed by atoms with Crippen LogP contribution in [-0.2, 0) is 0 Å². The van der Waals surface area contributed by atoms with Crippen molar-refractivity contribution in [3.63, 3.8) is 0 Å². The molecule has 1 aromatic carbocycles. The minimum absolute atomic E-state index is 0.0618. The molecule has 0 aliphatic carbocycles. The Morgan fingerprint density at radius 2 is 1.07 bits per heavy atom.